The molecule has 0 radical (unpaired) electrons. The lowest BCUT2D eigenvalue weighted by Crippen LogP contribution is -2.34. The van der Waals surface area contributed by atoms with Crippen LogP contribution in [0.2, 0.25) is 0 Å². The van der Waals surface area contributed by atoms with E-state index in [1.54, 1.807) is 0 Å². The molecule has 1 amide bonds. The Balaban J connectivity index is 4.27. The van der Waals surface area contributed by atoms with Crippen molar-refractivity contribution in [3.63, 3.8) is 0 Å². The molecule has 4 nitrogen and oxygen atoms in total. The van der Waals surface area contributed by atoms with Gasteiger partial charge in [-0.15, -0.1) is 0 Å². The van der Waals surface area contributed by atoms with E-state index in [9.17, 15) is 4.79 Å². The molecule has 120 valence electrons. The molecule has 0 spiro atoms. The first-order valence-electron chi connectivity index (χ1n) is 7.92. The lowest BCUT2D eigenvalue weighted by Gasteiger charge is -2.31. The summed E-state index contributed by atoms with van der Waals surface area (Å²) in [5, 5.41) is 0. The quantitative estimate of drug-likeness (QED) is 0.628. The van der Waals surface area contributed by atoms with E-state index < -0.39 is 0 Å². The molecule has 0 aromatic heterocycles. The largest absolute Gasteiger partial charge is 0.380 e. The molecule has 0 saturated heterocycles. The molecular formula is C16H34N2O2. The minimum atomic E-state index is 0.210. The van der Waals surface area contributed by atoms with Gasteiger partial charge in [-0.05, 0) is 44.6 Å². The average Bonchev–Trinajstić information content (AvgIpc) is 2.38. The standard InChI is InChI=1S/C16H34N2O2/c1-6-18(12-13-20-7-2)15(19)9-8-14(10-11-17)16(3,4)5/h14H,6-13,17H2,1-5H3. The van der Waals surface area contributed by atoms with Gasteiger partial charge in [-0.2, -0.15) is 0 Å². The zero-order valence-electron chi connectivity index (χ0n) is 14.1. The van der Waals surface area contributed by atoms with Crippen LogP contribution in [0, 0.1) is 11.3 Å². The summed E-state index contributed by atoms with van der Waals surface area (Å²) in [4.78, 5) is 14.1. The van der Waals surface area contributed by atoms with Crippen molar-refractivity contribution in [3.8, 4) is 0 Å². The first-order chi connectivity index (χ1) is 9.36. The molecule has 0 aromatic rings. The van der Waals surface area contributed by atoms with Crippen LogP contribution in [0.15, 0.2) is 0 Å². The maximum atomic E-state index is 12.2. The van der Waals surface area contributed by atoms with Crippen molar-refractivity contribution in [1.29, 1.82) is 0 Å². The molecule has 0 heterocycles. The van der Waals surface area contributed by atoms with E-state index in [4.69, 9.17) is 10.5 Å². The third-order valence-electron chi connectivity index (χ3n) is 3.89. The van der Waals surface area contributed by atoms with Crippen LogP contribution >= 0.6 is 0 Å². The highest BCUT2D eigenvalue weighted by molar-refractivity contribution is 5.76. The monoisotopic (exact) mass is 286 g/mol. The molecular weight excluding hydrogens is 252 g/mol. The van der Waals surface area contributed by atoms with Crippen molar-refractivity contribution >= 4 is 5.91 Å². The summed E-state index contributed by atoms with van der Waals surface area (Å²) < 4.78 is 5.32. The van der Waals surface area contributed by atoms with E-state index in [2.05, 4.69) is 20.8 Å². The molecule has 0 bridgehead atoms. The van der Waals surface area contributed by atoms with Gasteiger partial charge in [-0.25, -0.2) is 0 Å². The third kappa shape index (κ3) is 7.85. The molecule has 2 N–H and O–H groups in total. The van der Waals surface area contributed by atoms with Gasteiger partial charge >= 0.3 is 0 Å². The van der Waals surface area contributed by atoms with E-state index in [1.165, 1.54) is 0 Å². The summed E-state index contributed by atoms with van der Waals surface area (Å²) in [5.41, 5.74) is 5.90. The Hall–Kier alpha value is -0.610. The molecule has 0 saturated carbocycles. The fourth-order valence-electron chi connectivity index (χ4n) is 2.45. The lowest BCUT2D eigenvalue weighted by atomic mass is 9.76. The summed E-state index contributed by atoms with van der Waals surface area (Å²) in [6.07, 6.45) is 2.52. The maximum Gasteiger partial charge on any atom is 0.222 e. The Morgan fingerprint density at radius 3 is 2.35 bits per heavy atom. The Labute approximate surface area is 125 Å². The average molecular weight is 286 g/mol. The van der Waals surface area contributed by atoms with Gasteiger partial charge in [0.15, 0.2) is 0 Å². The summed E-state index contributed by atoms with van der Waals surface area (Å²) >= 11 is 0. The van der Waals surface area contributed by atoms with Gasteiger partial charge in [0.25, 0.3) is 0 Å². The van der Waals surface area contributed by atoms with Crippen molar-refractivity contribution in [3.05, 3.63) is 0 Å². The fraction of sp³-hybridized carbons (Fsp3) is 0.938. The number of nitrogens with zero attached hydrogens (tertiary/aromatic N) is 1. The van der Waals surface area contributed by atoms with Gasteiger partial charge in [0, 0.05) is 26.1 Å². The van der Waals surface area contributed by atoms with Crippen molar-refractivity contribution in [2.24, 2.45) is 17.1 Å². The number of hydrogen-bond acceptors (Lipinski definition) is 3. The Morgan fingerprint density at radius 1 is 1.25 bits per heavy atom. The summed E-state index contributed by atoms with van der Waals surface area (Å²) in [5.74, 6) is 0.737. The van der Waals surface area contributed by atoms with Crippen LogP contribution in [0.1, 0.15) is 53.9 Å². The van der Waals surface area contributed by atoms with Crippen molar-refractivity contribution < 1.29 is 9.53 Å². The number of carbonyl (C=O) groups is 1. The number of carbonyl (C=O) groups excluding carboxylic acids is 1. The molecule has 20 heavy (non-hydrogen) atoms. The minimum absolute atomic E-state index is 0.210. The molecule has 0 aliphatic carbocycles. The third-order valence-corrected chi connectivity index (χ3v) is 3.89. The maximum absolute atomic E-state index is 12.2. The van der Waals surface area contributed by atoms with Crippen LogP contribution in [0.3, 0.4) is 0 Å². The van der Waals surface area contributed by atoms with Gasteiger partial charge in [-0.3, -0.25) is 4.79 Å². The normalized spacial score (nSPS) is 13.3. The Bertz CT molecular complexity index is 262. The van der Waals surface area contributed by atoms with Crippen LogP contribution in [0.25, 0.3) is 0 Å². The van der Waals surface area contributed by atoms with Gasteiger partial charge in [0.05, 0.1) is 6.61 Å². The predicted molar refractivity (Wildman–Crippen MR) is 84.6 cm³/mol. The minimum Gasteiger partial charge on any atom is -0.380 e. The number of likely N-dealkylation sites (N-methyl/N-ethyl adjacent to an activating group) is 1. The van der Waals surface area contributed by atoms with E-state index >= 15 is 0 Å². The number of nitrogens with two attached hydrogens (primary N) is 1. The highest BCUT2D eigenvalue weighted by Crippen LogP contribution is 2.32. The molecule has 0 fully saturated rings. The van der Waals surface area contributed by atoms with Crippen molar-refractivity contribution in [2.45, 2.75) is 53.9 Å². The van der Waals surface area contributed by atoms with Crippen LogP contribution in [-0.4, -0.2) is 43.7 Å². The number of amides is 1. The fourth-order valence-corrected chi connectivity index (χ4v) is 2.45. The Morgan fingerprint density at radius 2 is 1.90 bits per heavy atom. The van der Waals surface area contributed by atoms with Crippen LogP contribution in [-0.2, 0) is 9.53 Å². The van der Waals surface area contributed by atoms with Crippen LogP contribution in [0.4, 0.5) is 0 Å². The molecule has 0 rings (SSSR count). The highest BCUT2D eigenvalue weighted by Gasteiger charge is 2.25. The second-order valence-corrected chi connectivity index (χ2v) is 6.35. The zero-order valence-corrected chi connectivity index (χ0v) is 14.1. The van der Waals surface area contributed by atoms with E-state index in [0.717, 1.165) is 19.4 Å². The molecule has 4 heteroatoms. The van der Waals surface area contributed by atoms with Crippen molar-refractivity contribution in [2.75, 3.05) is 32.8 Å². The van der Waals surface area contributed by atoms with Crippen molar-refractivity contribution in [1.82, 2.24) is 4.90 Å². The van der Waals surface area contributed by atoms with Gasteiger partial charge in [0.1, 0.15) is 0 Å². The highest BCUT2D eigenvalue weighted by atomic mass is 16.5. The van der Waals surface area contributed by atoms with E-state index in [0.29, 0.717) is 38.6 Å². The first-order valence-corrected chi connectivity index (χ1v) is 7.92. The summed E-state index contributed by atoms with van der Waals surface area (Å²) in [6.45, 7) is 14.1. The van der Waals surface area contributed by atoms with E-state index in [-0.39, 0.29) is 11.3 Å². The van der Waals surface area contributed by atoms with E-state index in [1.807, 2.05) is 18.7 Å². The Kier molecular flexibility index (Phi) is 9.86. The second-order valence-electron chi connectivity index (χ2n) is 6.35. The SMILES string of the molecule is CCOCCN(CC)C(=O)CCC(CCN)C(C)(C)C. The molecule has 1 unspecified atom stereocenters. The van der Waals surface area contributed by atoms with Gasteiger partial charge < -0.3 is 15.4 Å². The first kappa shape index (κ1) is 19.4. The lowest BCUT2D eigenvalue weighted by molar-refractivity contribution is -0.132. The molecule has 0 aliphatic heterocycles. The van der Waals surface area contributed by atoms with Gasteiger partial charge in [-0.1, -0.05) is 20.8 Å². The predicted octanol–water partition coefficient (Wildman–Crippen LogP) is 2.66. The number of rotatable bonds is 10. The summed E-state index contributed by atoms with van der Waals surface area (Å²) in [6, 6.07) is 0. The number of ether oxygens (including phenoxy) is 1. The molecule has 0 aromatic carbocycles. The van der Waals surface area contributed by atoms with Crippen LogP contribution < -0.4 is 5.73 Å². The smallest absolute Gasteiger partial charge is 0.222 e. The van der Waals surface area contributed by atoms with Gasteiger partial charge in [0.2, 0.25) is 5.91 Å². The topological polar surface area (TPSA) is 55.6 Å². The molecule has 1 atom stereocenters. The summed E-state index contributed by atoms with van der Waals surface area (Å²) in [7, 11) is 0. The number of hydrogen-bond donors (Lipinski definition) is 1. The van der Waals surface area contributed by atoms with Crippen LogP contribution in [0.5, 0.6) is 0 Å². The second kappa shape index (κ2) is 10.2. The molecule has 0 aliphatic rings. The zero-order chi connectivity index (χ0) is 15.6.